The first-order chi connectivity index (χ1) is 12.0. The van der Waals surface area contributed by atoms with Gasteiger partial charge in [-0.3, -0.25) is 4.79 Å². The molecule has 0 spiro atoms. The van der Waals surface area contributed by atoms with Crippen LogP contribution in [0.1, 0.15) is 54.0 Å². The first-order valence-electron chi connectivity index (χ1n) is 8.95. The molecule has 1 aliphatic carbocycles. The third kappa shape index (κ3) is 2.60. The molecule has 1 fully saturated rings. The summed E-state index contributed by atoms with van der Waals surface area (Å²) < 4.78 is 13.7. The van der Waals surface area contributed by atoms with Gasteiger partial charge < -0.3 is 10.2 Å². The van der Waals surface area contributed by atoms with E-state index in [1.165, 1.54) is 5.56 Å². The van der Waals surface area contributed by atoms with Crippen LogP contribution >= 0.6 is 0 Å². The molecule has 1 amide bonds. The number of hydrogen-bond acceptors (Lipinski definition) is 2. The molecule has 4 rings (SSSR count). The van der Waals surface area contributed by atoms with Crippen molar-refractivity contribution < 1.29 is 9.18 Å². The quantitative estimate of drug-likeness (QED) is 0.868. The van der Waals surface area contributed by atoms with Crippen molar-refractivity contribution in [2.24, 2.45) is 0 Å². The number of nitrogens with one attached hydrogen (secondary N) is 1. The van der Waals surface area contributed by atoms with Crippen LogP contribution in [-0.4, -0.2) is 12.5 Å². The summed E-state index contributed by atoms with van der Waals surface area (Å²) in [5.41, 5.74) is 6.65. The molecule has 2 atom stereocenters. The second-order valence-corrected chi connectivity index (χ2v) is 7.23. The fourth-order valence-electron chi connectivity index (χ4n) is 4.38. The number of rotatable bonds is 3. The van der Waals surface area contributed by atoms with Gasteiger partial charge in [-0.1, -0.05) is 13.0 Å². The zero-order valence-electron chi connectivity index (χ0n) is 14.9. The highest BCUT2D eigenvalue weighted by atomic mass is 19.1. The van der Waals surface area contributed by atoms with E-state index >= 15 is 0 Å². The zero-order valence-corrected chi connectivity index (χ0v) is 14.9. The average Bonchev–Trinajstić information content (AvgIpc) is 3.16. The molecule has 130 valence electrons. The number of carbonyl (C=O) groups is 1. The van der Waals surface area contributed by atoms with Crippen molar-refractivity contribution in [3.8, 4) is 0 Å². The van der Waals surface area contributed by atoms with Crippen molar-refractivity contribution in [2.45, 2.75) is 45.6 Å². The zero-order chi connectivity index (χ0) is 17.7. The smallest absolute Gasteiger partial charge is 0.224 e. The fourth-order valence-corrected chi connectivity index (χ4v) is 4.38. The summed E-state index contributed by atoms with van der Waals surface area (Å²) in [6, 6.07) is 9.75. The number of halogens is 1. The Bertz CT molecular complexity index is 838. The van der Waals surface area contributed by atoms with Crippen LogP contribution in [0.3, 0.4) is 0 Å². The van der Waals surface area contributed by atoms with Gasteiger partial charge in [0.25, 0.3) is 0 Å². The summed E-state index contributed by atoms with van der Waals surface area (Å²) in [6.07, 6.45) is 1.53. The lowest BCUT2D eigenvalue weighted by atomic mass is 9.98. The van der Waals surface area contributed by atoms with Gasteiger partial charge >= 0.3 is 0 Å². The van der Waals surface area contributed by atoms with Crippen LogP contribution < -0.4 is 10.2 Å². The number of benzene rings is 2. The van der Waals surface area contributed by atoms with Crippen molar-refractivity contribution in [1.82, 2.24) is 0 Å². The lowest BCUT2D eigenvalue weighted by Crippen LogP contribution is -2.27. The van der Waals surface area contributed by atoms with Crippen LogP contribution in [0.4, 0.5) is 15.8 Å². The number of anilines is 2. The maximum Gasteiger partial charge on any atom is 0.224 e. The van der Waals surface area contributed by atoms with Crippen LogP contribution in [0.15, 0.2) is 30.3 Å². The predicted molar refractivity (Wildman–Crippen MR) is 98.7 cm³/mol. The van der Waals surface area contributed by atoms with Gasteiger partial charge in [0.15, 0.2) is 0 Å². The molecule has 1 heterocycles. The first-order valence-corrected chi connectivity index (χ1v) is 8.95. The van der Waals surface area contributed by atoms with E-state index in [2.05, 4.69) is 22.3 Å². The highest BCUT2D eigenvalue weighted by Gasteiger charge is 2.42. The topological polar surface area (TPSA) is 32.3 Å². The Morgan fingerprint density at radius 2 is 1.92 bits per heavy atom. The summed E-state index contributed by atoms with van der Waals surface area (Å²) in [5.74, 6) is 0.362. The molecular weight excluding hydrogens is 315 g/mol. The monoisotopic (exact) mass is 338 g/mol. The summed E-state index contributed by atoms with van der Waals surface area (Å²) in [6.45, 7) is 6.89. The predicted octanol–water partition coefficient (Wildman–Crippen LogP) is 4.84. The summed E-state index contributed by atoms with van der Waals surface area (Å²) in [4.78, 5) is 14.1. The number of nitrogens with zero attached hydrogens (tertiary/aromatic N) is 1. The molecule has 2 aliphatic rings. The highest BCUT2D eigenvalue weighted by molar-refractivity contribution is 5.92. The SMILES string of the molecule is CCC(=O)Nc1c(C)cc(N2CC3CC2c2cc(F)ccc23)cc1C. The molecule has 2 unspecified atom stereocenters. The van der Waals surface area contributed by atoms with E-state index in [1.54, 1.807) is 12.1 Å². The van der Waals surface area contributed by atoms with E-state index in [-0.39, 0.29) is 17.8 Å². The minimum Gasteiger partial charge on any atom is -0.364 e. The molecule has 3 nitrogen and oxygen atoms in total. The number of hydrogen-bond donors (Lipinski definition) is 1. The molecular formula is C21H23FN2O. The van der Waals surface area contributed by atoms with E-state index in [9.17, 15) is 9.18 Å². The van der Waals surface area contributed by atoms with Crippen molar-refractivity contribution in [3.05, 3.63) is 58.4 Å². The minimum absolute atomic E-state index is 0.0311. The molecule has 0 aromatic heterocycles. The highest BCUT2D eigenvalue weighted by Crippen LogP contribution is 2.52. The molecule has 1 saturated heterocycles. The number of amides is 1. The summed E-state index contributed by atoms with van der Waals surface area (Å²) in [5, 5.41) is 3.00. The van der Waals surface area contributed by atoms with Gasteiger partial charge in [0, 0.05) is 30.3 Å². The fraction of sp³-hybridized carbons (Fsp3) is 0.381. The maximum atomic E-state index is 13.7. The van der Waals surface area contributed by atoms with Crippen LogP contribution in [0.5, 0.6) is 0 Å². The van der Waals surface area contributed by atoms with Crippen molar-refractivity contribution in [2.75, 3.05) is 16.8 Å². The number of fused-ring (bicyclic) bond motifs is 5. The third-order valence-electron chi connectivity index (χ3n) is 5.58. The summed E-state index contributed by atoms with van der Waals surface area (Å²) >= 11 is 0. The molecule has 2 aromatic carbocycles. The molecule has 4 heteroatoms. The van der Waals surface area contributed by atoms with Crippen molar-refractivity contribution >= 4 is 17.3 Å². The van der Waals surface area contributed by atoms with Crippen LogP contribution in [0.2, 0.25) is 0 Å². The molecule has 0 saturated carbocycles. The van der Waals surface area contributed by atoms with Crippen LogP contribution in [-0.2, 0) is 4.79 Å². The lowest BCUT2D eigenvalue weighted by molar-refractivity contribution is -0.115. The Hall–Kier alpha value is -2.36. The lowest BCUT2D eigenvalue weighted by Gasteiger charge is -2.32. The molecule has 1 aliphatic heterocycles. The van der Waals surface area contributed by atoms with Gasteiger partial charge in [0.2, 0.25) is 5.91 Å². The van der Waals surface area contributed by atoms with Gasteiger partial charge in [-0.05, 0) is 66.8 Å². The van der Waals surface area contributed by atoms with E-state index in [0.717, 1.165) is 41.0 Å². The third-order valence-corrected chi connectivity index (χ3v) is 5.58. The standard InChI is InChI=1S/C21H23FN2O/c1-4-20(25)23-21-12(2)7-16(8-13(21)3)24-11-14-9-19(24)18-10-15(22)5-6-17(14)18/h5-8,10,14,19H,4,9,11H2,1-3H3,(H,23,25). The normalized spacial score (nSPS) is 20.7. The second kappa shape index (κ2) is 5.87. The summed E-state index contributed by atoms with van der Waals surface area (Å²) in [7, 11) is 0. The molecule has 0 radical (unpaired) electrons. The first kappa shape index (κ1) is 16.1. The largest absolute Gasteiger partial charge is 0.364 e. The number of aryl methyl sites for hydroxylation is 2. The van der Waals surface area contributed by atoms with Crippen molar-refractivity contribution in [1.29, 1.82) is 0 Å². The Morgan fingerprint density at radius 1 is 1.20 bits per heavy atom. The Labute approximate surface area is 147 Å². The molecule has 25 heavy (non-hydrogen) atoms. The Kier molecular flexibility index (Phi) is 3.78. The van der Waals surface area contributed by atoms with Crippen molar-refractivity contribution in [3.63, 3.8) is 0 Å². The van der Waals surface area contributed by atoms with Gasteiger partial charge in [0.1, 0.15) is 5.82 Å². The molecule has 2 bridgehead atoms. The van der Waals surface area contributed by atoms with E-state index in [4.69, 9.17) is 0 Å². The minimum atomic E-state index is -0.156. The van der Waals surface area contributed by atoms with Gasteiger partial charge in [-0.2, -0.15) is 0 Å². The van der Waals surface area contributed by atoms with Gasteiger partial charge in [0.05, 0.1) is 6.04 Å². The van der Waals surface area contributed by atoms with Gasteiger partial charge in [-0.25, -0.2) is 4.39 Å². The molecule has 1 N–H and O–H groups in total. The van der Waals surface area contributed by atoms with Crippen LogP contribution in [0.25, 0.3) is 0 Å². The average molecular weight is 338 g/mol. The second-order valence-electron chi connectivity index (χ2n) is 7.23. The Balaban J connectivity index is 1.67. The van der Waals surface area contributed by atoms with E-state index < -0.39 is 0 Å². The van der Waals surface area contributed by atoms with E-state index in [0.29, 0.717) is 12.3 Å². The van der Waals surface area contributed by atoms with Crippen LogP contribution in [0, 0.1) is 19.7 Å². The van der Waals surface area contributed by atoms with Gasteiger partial charge in [-0.15, -0.1) is 0 Å². The van der Waals surface area contributed by atoms with E-state index in [1.807, 2.05) is 26.8 Å². The number of carbonyl (C=O) groups excluding carboxylic acids is 1. The Morgan fingerprint density at radius 3 is 2.60 bits per heavy atom. The maximum absolute atomic E-state index is 13.7. The molecule has 2 aromatic rings.